The van der Waals surface area contributed by atoms with Gasteiger partial charge in [0, 0.05) is 11.9 Å². The Bertz CT molecular complexity index is 981. The molecule has 136 valence electrons. The summed E-state index contributed by atoms with van der Waals surface area (Å²) in [5.74, 6) is -1.39. The number of rotatable bonds is 4. The minimum atomic E-state index is -4.83. The lowest BCUT2D eigenvalue weighted by atomic mass is 10.1. The number of hydrogen-bond donors (Lipinski definition) is 1. The minimum Gasteiger partial charge on any atom is -0.496 e. The first-order valence-corrected chi connectivity index (χ1v) is 8.27. The van der Waals surface area contributed by atoms with Crippen LogP contribution in [0.5, 0.6) is 5.75 Å². The molecule has 26 heavy (non-hydrogen) atoms. The van der Waals surface area contributed by atoms with E-state index in [1.807, 2.05) is 0 Å². The van der Waals surface area contributed by atoms with Crippen molar-refractivity contribution < 1.29 is 27.8 Å². The first-order chi connectivity index (χ1) is 12.2. The van der Waals surface area contributed by atoms with E-state index >= 15 is 0 Å². The van der Waals surface area contributed by atoms with Gasteiger partial charge in [0.05, 0.1) is 22.7 Å². The van der Waals surface area contributed by atoms with E-state index in [9.17, 15) is 23.1 Å². The molecule has 0 atom stereocenters. The van der Waals surface area contributed by atoms with E-state index in [0.717, 1.165) is 4.57 Å². The SMILES string of the molecule is COc1cc2c(C(=O)O)c(C(F)(F)F)n(Cc3ccccc3)c2cc1Br. The van der Waals surface area contributed by atoms with E-state index in [1.165, 1.54) is 19.2 Å². The van der Waals surface area contributed by atoms with E-state index in [-0.39, 0.29) is 23.2 Å². The van der Waals surface area contributed by atoms with Gasteiger partial charge < -0.3 is 14.4 Å². The molecule has 4 nitrogen and oxygen atoms in total. The molecule has 0 amide bonds. The number of hydrogen-bond acceptors (Lipinski definition) is 2. The smallest absolute Gasteiger partial charge is 0.432 e. The number of alkyl halides is 3. The van der Waals surface area contributed by atoms with Crippen molar-refractivity contribution in [3.63, 3.8) is 0 Å². The van der Waals surface area contributed by atoms with Gasteiger partial charge in [-0.1, -0.05) is 30.3 Å². The average molecular weight is 428 g/mol. The van der Waals surface area contributed by atoms with E-state index in [2.05, 4.69) is 15.9 Å². The van der Waals surface area contributed by atoms with Crippen LogP contribution in [0.2, 0.25) is 0 Å². The predicted molar refractivity (Wildman–Crippen MR) is 93.7 cm³/mol. The molecule has 3 aromatic rings. The monoisotopic (exact) mass is 427 g/mol. The molecular weight excluding hydrogens is 415 g/mol. The van der Waals surface area contributed by atoms with Gasteiger partial charge in [-0.3, -0.25) is 0 Å². The Balaban J connectivity index is 2.40. The molecule has 1 aromatic heterocycles. The highest BCUT2D eigenvalue weighted by molar-refractivity contribution is 9.10. The van der Waals surface area contributed by atoms with Gasteiger partial charge in [0.15, 0.2) is 0 Å². The van der Waals surface area contributed by atoms with E-state index in [4.69, 9.17) is 4.74 Å². The lowest BCUT2D eigenvalue weighted by molar-refractivity contribution is -0.143. The number of methoxy groups -OCH3 is 1. The third-order valence-corrected chi connectivity index (χ3v) is 4.62. The first kappa shape index (κ1) is 18.3. The minimum absolute atomic E-state index is 0.0270. The van der Waals surface area contributed by atoms with Gasteiger partial charge in [-0.15, -0.1) is 0 Å². The number of carbonyl (C=O) groups is 1. The summed E-state index contributed by atoms with van der Waals surface area (Å²) in [6, 6.07) is 11.3. The fraction of sp³-hybridized carbons (Fsp3) is 0.167. The van der Waals surface area contributed by atoms with Crippen molar-refractivity contribution in [2.24, 2.45) is 0 Å². The van der Waals surface area contributed by atoms with Crippen LogP contribution in [-0.4, -0.2) is 22.8 Å². The van der Waals surface area contributed by atoms with Gasteiger partial charge in [0.25, 0.3) is 0 Å². The van der Waals surface area contributed by atoms with E-state index in [1.54, 1.807) is 30.3 Å². The molecule has 0 saturated carbocycles. The molecule has 0 radical (unpaired) electrons. The molecule has 0 spiro atoms. The second-order valence-electron chi connectivity index (χ2n) is 5.60. The Kier molecular flexibility index (Phi) is 4.70. The number of ether oxygens (including phenoxy) is 1. The van der Waals surface area contributed by atoms with Gasteiger partial charge in [0.1, 0.15) is 11.4 Å². The van der Waals surface area contributed by atoms with Gasteiger partial charge in [0.2, 0.25) is 0 Å². The fourth-order valence-electron chi connectivity index (χ4n) is 2.95. The summed E-state index contributed by atoms with van der Waals surface area (Å²) < 4.78 is 47.8. The van der Waals surface area contributed by atoms with Crippen molar-refractivity contribution in [1.29, 1.82) is 0 Å². The largest absolute Gasteiger partial charge is 0.496 e. The number of carboxylic acid groups (broad SMARTS) is 1. The Morgan fingerprint density at radius 3 is 2.42 bits per heavy atom. The van der Waals surface area contributed by atoms with E-state index < -0.39 is 23.4 Å². The summed E-state index contributed by atoms with van der Waals surface area (Å²) in [4.78, 5) is 11.7. The van der Waals surface area contributed by atoms with Gasteiger partial charge in [-0.2, -0.15) is 13.2 Å². The van der Waals surface area contributed by atoms with Crippen LogP contribution in [0.15, 0.2) is 46.9 Å². The van der Waals surface area contributed by atoms with Crippen LogP contribution in [-0.2, 0) is 12.7 Å². The third kappa shape index (κ3) is 3.16. The van der Waals surface area contributed by atoms with Crippen LogP contribution >= 0.6 is 15.9 Å². The van der Waals surface area contributed by atoms with Crippen LogP contribution in [0, 0.1) is 0 Å². The van der Waals surface area contributed by atoms with Crippen LogP contribution in [0.3, 0.4) is 0 Å². The number of nitrogens with zero attached hydrogens (tertiary/aromatic N) is 1. The molecule has 8 heteroatoms. The molecule has 0 saturated heterocycles. The summed E-state index contributed by atoms with van der Waals surface area (Å²) in [5, 5.41) is 9.45. The number of benzene rings is 2. The quantitative estimate of drug-likeness (QED) is 0.624. The van der Waals surface area contributed by atoms with Gasteiger partial charge in [-0.25, -0.2) is 4.79 Å². The number of aromatic nitrogens is 1. The highest BCUT2D eigenvalue weighted by atomic mass is 79.9. The standard InChI is InChI=1S/C18H13BrF3NO3/c1-26-14-7-11-13(8-12(14)19)23(9-10-5-3-2-4-6-10)16(18(20,21)22)15(11)17(24)25/h2-8H,9H2,1H3,(H,24,25). The Morgan fingerprint density at radius 2 is 1.88 bits per heavy atom. The number of fused-ring (bicyclic) bond motifs is 1. The van der Waals surface area contributed by atoms with Crippen molar-refractivity contribution in [2.45, 2.75) is 12.7 Å². The summed E-state index contributed by atoms with van der Waals surface area (Å²) in [6.07, 6.45) is -4.83. The summed E-state index contributed by atoms with van der Waals surface area (Å²) in [7, 11) is 1.36. The van der Waals surface area contributed by atoms with E-state index in [0.29, 0.717) is 10.0 Å². The van der Waals surface area contributed by atoms with Crippen molar-refractivity contribution in [3.8, 4) is 5.75 Å². The number of carboxylic acids is 1. The second-order valence-corrected chi connectivity index (χ2v) is 6.46. The molecule has 0 aliphatic carbocycles. The molecule has 2 aromatic carbocycles. The lowest BCUT2D eigenvalue weighted by Gasteiger charge is -2.14. The zero-order valence-electron chi connectivity index (χ0n) is 13.5. The maximum absolute atomic E-state index is 13.8. The van der Waals surface area contributed by atoms with Crippen LogP contribution in [0.4, 0.5) is 13.2 Å². The second kappa shape index (κ2) is 6.68. The number of aromatic carboxylic acids is 1. The van der Waals surface area contributed by atoms with Gasteiger partial charge in [-0.05, 0) is 33.6 Å². The van der Waals surface area contributed by atoms with Crippen LogP contribution in [0.25, 0.3) is 10.9 Å². The third-order valence-electron chi connectivity index (χ3n) is 4.00. The van der Waals surface area contributed by atoms with Crippen LogP contribution in [0.1, 0.15) is 21.6 Å². The van der Waals surface area contributed by atoms with Crippen molar-refractivity contribution in [2.75, 3.05) is 7.11 Å². The molecule has 1 heterocycles. The van der Waals surface area contributed by atoms with Crippen molar-refractivity contribution in [1.82, 2.24) is 4.57 Å². The average Bonchev–Trinajstić information content (AvgIpc) is 2.89. The fourth-order valence-corrected chi connectivity index (χ4v) is 3.44. The molecule has 0 bridgehead atoms. The maximum Gasteiger partial charge on any atom is 0.432 e. The highest BCUT2D eigenvalue weighted by Gasteiger charge is 2.41. The zero-order valence-corrected chi connectivity index (χ0v) is 15.1. The topological polar surface area (TPSA) is 51.5 Å². The van der Waals surface area contributed by atoms with Crippen molar-refractivity contribution >= 4 is 32.8 Å². The summed E-state index contributed by atoms with van der Waals surface area (Å²) >= 11 is 3.25. The first-order valence-electron chi connectivity index (χ1n) is 7.48. The Labute approximate surface area is 154 Å². The Hall–Kier alpha value is -2.48. The number of halogens is 4. The molecule has 0 aliphatic heterocycles. The lowest BCUT2D eigenvalue weighted by Crippen LogP contribution is -2.18. The predicted octanol–water partition coefficient (Wildman–Crippen LogP) is 5.18. The summed E-state index contributed by atoms with van der Waals surface area (Å²) in [6.45, 7) is -0.113. The maximum atomic E-state index is 13.8. The zero-order chi connectivity index (χ0) is 19.1. The van der Waals surface area contributed by atoms with Gasteiger partial charge >= 0.3 is 12.1 Å². The molecule has 3 rings (SSSR count). The Morgan fingerprint density at radius 1 is 1.23 bits per heavy atom. The molecule has 0 fully saturated rings. The molecular formula is C18H13BrF3NO3. The van der Waals surface area contributed by atoms with Crippen LogP contribution < -0.4 is 4.74 Å². The normalized spacial score (nSPS) is 11.7. The van der Waals surface area contributed by atoms with Crippen molar-refractivity contribution in [3.05, 3.63) is 63.8 Å². The molecule has 0 aliphatic rings. The summed E-state index contributed by atoms with van der Waals surface area (Å²) in [5.41, 5.74) is -1.19. The molecule has 1 N–H and O–H groups in total. The highest BCUT2D eigenvalue weighted by Crippen LogP contribution is 2.41. The molecule has 0 unspecified atom stereocenters.